The van der Waals surface area contributed by atoms with Crippen molar-refractivity contribution in [3.63, 3.8) is 0 Å². The second-order valence-corrected chi connectivity index (χ2v) is 4.96. The quantitative estimate of drug-likeness (QED) is 0.385. The van der Waals surface area contributed by atoms with Crippen molar-refractivity contribution >= 4 is 0 Å². The Bertz CT molecular complexity index is 346. The van der Waals surface area contributed by atoms with Crippen LogP contribution in [0, 0.1) is 0 Å². The maximum absolute atomic E-state index is 9.90. The molecule has 0 amide bonds. The van der Waals surface area contributed by atoms with E-state index in [9.17, 15) is 20.4 Å². The van der Waals surface area contributed by atoms with Crippen LogP contribution in [0.1, 0.15) is 6.92 Å². The van der Waals surface area contributed by atoms with Crippen molar-refractivity contribution in [1.29, 1.82) is 0 Å². The maximum atomic E-state index is 9.90. The summed E-state index contributed by atoms with van der Waals surface area (Å²) in [6.07, 6.45) is -6.20. The topological polar surface area (TPSA) is 129 Å². The molecule has 5 N–H and O–H groups in total. The average Bonchev–Trinajstić information content (AvgIpc) is 2.44. The molecule has 2 aliphatic rings. The summed E-state index contributed by atoms with van der Waals surface area (Å²) < 4.78 is 15.7. The molecule has 8 heteroatoms. The van der Waals surface area contributed by atoms with Crippen LogP contribution in [-0.4, -0.2) is 81.2 Å². The molecule has 0 aromatic carbocycles. The van der Waals surface area contributed by atoms with Gasteiger partial charge in [-0.1, -0.05) is 0 Å². The lowest BCUT2D eigenvalue weighted by atomic mass is 9.99. The lowest BCUT2D eigenvalue weighted by Gasteiger charge is -2.41. The van der Waals surface area contributed by atoms with Crippen LogP contribution in [0.4, 0.5) is 0 Å². The smallest absolute Gasteiger partial charge is 0.187 e. The van der Waals surface area contributed by atoms with Crippen molar-refractivity contribution in [1.82, 2.24) is 0 Å². The predicted octanol–water partition coefficient (Wildman–Crippen LogP) is -2.54. The highest BCUT2D eigenvalue weighted by atomic mass is 16.7. The zero-order valence-corrected chi connectivity index (χ0v) is 10.9. The number of aliphatic hydroxyl groups is 5. The van der Waals surface area contributed by atoms with Crippen LogP contribution >= 0.6 is 0 Å². The fraction of sp³-hybridized carbons (Fsp3) is 0.833. The second-order valence-electron chi connectivity index (χ2n) is 4.96. The minimum Gasteiger partial charge on any atom is -0.496 e. The molecule has 2 aliphatic heterocycles. The summed E-state index contributed by atoms with van der Waals surface area (Å²) in [6, 6.07) is 0. The Hall–Kier alpha value is -0.740. The summed E-state index contributed by atoms with van der Waals surface area (Å²) >= 11 is 0. The Balaban J connectivity index is 2.04. The van der Waals surface area contributed by atoms with Crippen LogP contribution in [0.3, 0.4) is 0 Å². The van der Waals surface area contributed by atoms with E-state index in [2.05, 4.69) is 0 Å². The molecule has 20 heavy (non-hydrogen) atoms. The molecule has 0 saturated carbocycles. The minimum atomic E-state index is -1.51. The molecule has 0 aromatic heterocycles. The Morgan fingerprint density at radius 3 is 2.40 bits per heavy atom. The van der Waals surface area contributed by atoms with E-state index in [0.717, 1.165) is 0 Å². The first kappa shape index (κ1) is 15.6. The molecule has 2 rings (SSSR count). The lowest BCUT2D eigenvalue weighted by molar-refractivity contribution is -0.315. The molecule has 1 saturated heterocycles. The van der Waals surface area contributed by atoms with Crippen molar-refractivity contribution in [2.24, 2.45) is 0 Å². The first-order valence-electron chi connectivity index (χ1n) is 6.42. The van der Waals surface area contributed by atoms with Crippen LogP contribution in [0.5, 0.6) is 0 Å². The molecule has 8 atom stereocenters. The molecular weight excluding hydrogens is 272 g/mol. The predicted molar refractivity (Wildman–Crippen MR) is 64.3 cm³/mol. The van der Waals surface area contributed by atoms with Gasteiger partial charge < -0.3 is 39.7 Å². The molecule has 0 unspecified atom stereocenters. The normalized spacial score (nSPS) is 48.9. The molecule has 8 nitrogen and oxygen atoms in total. The van der Waals surface area contributed by atoms with Crippen LogP contribution in [0.2, 0.25) is 0 Å². The van der Waals surface area contributed by atoms with E-state index in [-0.39, 0.29) is 0 Å². The van der Waals surface area contributed by atoms with Crippen molar-refractivity contribution in [2.45, 2.75) is 55.9 Å². The number of hydrogen-bond donors (Lipinski definition) is 5. The van der Waals surface area contributed by atoms with E-state index in [4.69, 9.17) is 19.3 Å². The van der Waals surface area contributed by atoms with Gasteiger partial charge in [0.05, 0.1) is 12.9 Å². The highest BCUT2D eigenvalue weighted by Gasteiger charge is 2.45. The number of aliphatic hydroxyl groups excluding tert-OH is 5. The largest absolute Gasteiger partial charge is 0.496 e. The van der Waals surface area contributed by atoms with Crippen molar-refractivity contribution in [3.05, 3.63) is 12.3 Å². The standard InChI is InChI=1S/C12H20O8/c1-5-8(14)6(2-3-18-5)19-12-11(17)10(16)9(15)7(4-13)20-12/h2-3,5-17H,4H2,1H3/t5-,6-,7+,8-,9+,10-,11+,12+/m0/s1. The molecule has 1 fully saturated rings. The van der Waals surface area contributed by atoms with Gasteiger partial charge in [-0.2, -0.15) is 0 Å². The van der Waals surface area contributed by atoms with Gasteiger partial charge in [0.15, 0.2) is 6.29 Å². The van der Waals surface area contributed by atoms with Gasteiger partial charge in [0.1, 0.15) is 42.7 Å². The molecular formula is C12H20O8. The minimum absolute atomic E-state index is 0.491. The first-order chi connectivity index (χ1) is 9.45. The van der Waals surface area contributed by atoms with E-state index < -0.39 is 55.6 Å². The lowest BCUT2D eigenvalue weighted by Crippen LogP contribution is -2.60. The molecule has 0 radical (unpaired) electrons. The Morgan fingerprint density at radius 2 is 1.75 bits per heavy atom. The summed E-state index contributed by atoms with van der Waals surface area (Å²) in [7, 11) is 0. The van der Waals surface area contributed by atoms with E-state index in [1.165, 1.54) is 12.3 Å². The summed E-state index contributed by atoms with van der Waals surface area (Å²) in [5.74, 6) is 0. The Kier molecular flexibility index (Phi) is 4.97. The molecule has 116 valence electrons. The van der Waals surface area contributed by atoms with Crippen LogP contribution in [-0.2, 0) is 14.2 Å². The third kappa shape index (κ3) is 2.96. The number of rotatable bonds is 3. The van der Waals surface area contributed by atoms with Gasteiger partial charge in [0.2, 0.25) is 0 Å². The summed E-state index contributed by atoms with van der Waals surface area (Å²) in [5, 5.41) is 48.1. The fourth-order valence-corrected chi connectivity index (χ4v) is 2.17. The van der Waals surface area contributed by atoms with Gasteiger partial charge in [-0.15, -0.1) is 0 Å². The van der Waals surface area contributed by atoms with Gasteiger partial charge >= 0.3 is 0 Å². The second kappa shape index (κ2) is 6.35. The first-order valence-corrected chi connectivity index (χ1v) is 6.42. The van der Waals surface area contributed by atoms with Gasteiger partial charge in [0.25, 0.3) is 0 Å². The zero-order valence-electron chi connectivity index (χ0n) is 10.9. The molecule has 0 aromatic rings. The summed E-state index contributed by atoms with van der Waals surface area (Å²) in [6.45, 7) is 1.12. The van der Waals surface area contributed by atoms with E-state index in [1.807, 2.05) is 0 Å². The summed E-state index contributed by atoms with van der Waals surface area (Å²) in [5.41, 5.74) is 0. The van der Waals surface area contributed by atoms with Crippen LogP contribution < -0.4 is 0 Å². The van der Waals surface area contributed by atoms with E-state index in [0.29, 0.717) is 0 Å². The van der Waals surface area contributed by atoms with Crippen molar-refractivity contribution < 1.29 is 39.7 Å². The van der Waals surface area contributed by atoms with Gasteiger partial charge in [-0.25, -0.2) is 0 Å². The van der Waals surface area contributed by atoms with Crippen molar-refractivity contribution in [2.75, 3.05) is 6.61 Å². The van der Waals surface area contributed by atoms with Gasteiger partial charge in [-0.3, -0.25) is 0 Å². The highest BCUT2D eigenvalue weighted by molar-refractivity contribution is 4.98. The maximum Gasteiger partial charge on any atom is 0.187 e. The summed E-state index contributed by atoms with van der Waals surface area (Å²) in [4.78, 5) is 0. The van der Waals surface area contributed by atoms with Gasteiger partial charge in [0, 0.05) is 0 Å². The number of ether oxygens (including phenoxy) is 3. The SMILES string of the molecule is C[C@@H]1OC=C[C@H](O[C@@H]2O[C@H](CO)[C@@H](O)[C@H](O)[C@H]2O)[C@H]1O. The van der Waals surface area contributed by atoms with Crippen molar-refractivity contribution in [3.8, 4) is 0 Å². The third-order valence-corrected chi connectivity index (χ3v) is 3.52. The third-order valence-electron chi connectivity index (χ3n) is 3.52. The molecule has 0 spiro atoms. The van der Waals surface area contributed by atoms with Gasteiger partial charge in [-0.05, 0) is 13.0 Å². The molecule has 0 aliphatic carbocycles. The highest BCUT2D eigenvalue weighted by Crippen LogP contribution is 2.25. The van der Waals surface area contributed by atoms with E-state index in [1.54, 1.807) is 6.92 Å². The zero-order chi connectivity index (χ0) is 14.9. The molecule has 2 heterocycles. The van der Waals surface area contributed by atoms with E-state index >= 15 is 0 Å². The fourth-order valence-electron chi connectivity index (χ4n) is 2.17. The molecule has 0 bridgehead atoms. The number of hydrogen-bond acceptors (Lipinski definition) is 8. The van der Waals surface area contributed by atoms with Crippen LogP contribution in [0.25, 0.3) is 0 Å². The Morgan fingerprint density at radius 1 is 1.05 bits per heavy atom. The monoisotopic (exact) mass is 292 g/mol. The Labute approximate surface area is 115 Å². The van der Waals surface area contributed by atoms with Crippen LogP contribution in [0.15, 0.2) is 12.3 Å². The average molecular weight is 292 g/mol.